The van der Waals surface area contributed by atoms with E-state index in [1.54, 1.807) is 18.2 Å². The number of hydrogen-bond donors (Lipinski definition) is 1. The summed E-state index contributed by atoms with van der Waals surface area (Å²) in [7, 11) is 0. The number of fused-ring (bicyclic) bond motifs is 1. The van der Waals surface area contributed by atoms with Gasteiger partial charge in [-0.1, -0.05) is 31.4 Å². The molecule has 118 valence electrons. The van der Waals surface area contributed by atoms with E-state index in [9.17, 15) is 4.79 Å². The van der Waals surface area contributed by atoms with Crippen molar-refractivity contribution in [2.24, 2.45) is 5.92 Å². The van der Waals surface area contributed by atoms with Gasteiger partial charge < -0.3 is 14.8 Å². The number of rotatable bonds is 3. The highest BCUT2D eigenvalue weighted by atomic mass is 35.5. The van der Waals surface area contributed by atoms with Crippen molar-refractivity contribution >= 4 is 23.6 Å². The molecule has 0 spiro atoms. The van der Waals surface area contributed by atoms with E-state index in [-0.39, 0.29) is 18.7 Å². The van der Waals surface area contributed by atoms with E-state index in [1.165, 1.54) is 19.3 Å². The molecule has 0 saturated heterocycles. The molecule has 1 aliphatic carbocycles. The zero-order chi connectivity index (χ0) is 15.5. The zero-order valence-corrected chi connectivity index (χ0v) is 13.4. The molecule has 2 aliphatic rings. The smallest absolute Gasteiger partial charge is 0.244 e. The lowest BCUT2D eigenvalue weighted by Gasteiger charge is -2.29. The Hall–Kier alpha value is -1.68. The summed E-state index contributed by atoms with van der Waals surface area (Å²) in [5.41, 5.74) is 0.820. The number of nitrogens with one attached hydrogen (secondary N) is 1. The highest BCUT2D eigenvalue weighted by Gasteiger charge is 2.22. The first-order valence-electron chi connectivity index (χ1n) is 7.71. The lowest BCUT2D eigenvalue weighted by Crippen LogP contribution is -2.40. The van der Waals surface area contributed by atoms with E-state index >= 15 is 0 Å². The molecule has 4 nitrogen and oxygen atoms in total. The summed E-state index contributed by atoms with van der Waals surface area (Å²) in [5, 5.41) is 3.59. The molecule has 0 aromatic heterocycles. The predicted molar refractivity (Wildman–Crippen MR) is 86.2 cm³/mol. The van der Waals surface area contributed by atoms with E-state index < -0.39 is 0 Å². The standard InChI is InChI=1S/C17H20ClNO3/c1-11-4-2-3-5-14(11)19-16(20)7-6-12-8-13(18)17-15(9-12)21-10-22-17/h6-9,11,14H,2-5,10H2,1H3,(H,19,20)/b7-6+. The molecule has 1 aromatic carbocycles. The molecule has 1 saturated carbocycles. The van der Waals surface area contributed by atoms with Gasteiger partial charge in [0.05, 0.1) is 5.02 Å². The van der Waals surface area contributed by atoms with Crippen molar-refractivity contribution in [2.75, 3.05) is 6.79 Å². The zero-order valence-electron chi connectivity index (χ0n) is 12.6. The average molecular weight is 322 g/mol. The third-order valence-electron chi connectivity index (χ3n) is 4.32. The average Bonchev–Trinajstić information content (AvgIpc) is 2.97. The Bertz CT molecular complexity index is 600. The van der Waals surface area contributed by atoms with Crippen molar-refractivity contribution in [1.29, 1.82) is 0 Å². The van der Waals surface area contributed by atoms with E-state index in [4.69, 9.17) is 21.1 Å². The summed E-state index contributed by atoms with van der Waals surface area (Å²) in [4.78, 5) is 12.1. The van der Waals surface area contributed by atoms with Gasteiger partial charge in [-0.2, -0.15) is 0 Å². The van der Waals surface area contributed by atoms with Crippen LogP contribution in [-0.4, -0.2) is 18.7 Å². The van der Waals surface area contributed by atoms with Crippen LogP contribution in [0.15, 0.2) is 18.2 Å². The molecular formula is C17H20ClNO3. The Morgan fingerprint density at radius 2 is 2.14 bits per heavy atom. The third-order valence-corrected chi connectivity index (χ3v) is 4.60. The van der Waals surface area contributed by atoms with Crippen molar-refractivity contribution in [2.45, 2.75) is 38.6 Å². The molecular weight excluding hydrogens is 302 g/mol. The van der Waals surface area contributed by atoms with Crippen molar-refractivity contribution < 1.29 is 14.3 Å². The van der Waals surface area contributed by atoms with Crippen molar-refractivity contribution in [3.05, 3.63) is 28.8 Å². The molecule has 2 unspecified atom stereocenters. The topological polar surface area (TPSA) is 47.6 Å². The fourth-order valence-corrected chi connectivity index (χ4v) is 3.29. The Kier molecular flexibility index (Phi) is 4.57. The minimum Gasteiger partial charge on any atom is -0.454 e. The van der Waals surface area contributed by atoms with Crippen LogP contribution < -0.4 is 14.8 Å². The molecule has 3 rings (SSSR count). The fourth-order valence-electron chi connectivity index (χ4n) is 3.02. The maximum Gasteiger partial charge on any atom is 0.244 e. The second-order valence-corrected chi connectivity index (χ2v) is 6.35. The number of halogens is 1. The van der Waals surface area contributed by atoms with Gasteiger partial charge in [-0.25, -0.2) is 0 Å². The van der Waals surface area contributed by atoms with Crippen LogP contribution >= 0.6 is 11.6 Å². The van der Waals surface area contributed by atoms with Gasteiger partial charge >= 0.3 is 0 Å². The lowest BCUT2D eigenvalue weighted by atomic mass is 9.86. The van der Waals surface area contributed by atoms with Crippen molar-refractivity contribution in [1.82, 2.24) is 5.32 Å². The van der Waals surface area contributed by atoms with Gasteiger partial charge in [0.1, 0.15) is 0 Å². The van der Waals surface area contributed by atoms with Gasteiger partial charge in [0, 0.05) is 12.1 Å². The maximum atomic E-state index is 12.1. The maximum absolute atomic E-state index is 12.1. The van der Waals surface area contributed by atoms with E-state index in [0.29, 0.717) is 22.4 Å². The monoisotopic (exact) mass is 321 g/mol. The van der Waals surface area contributed by atoms with Crippen LogP contribution in [0.3, 0.4) is 0 Å². The van der Waals surface area contributed by atoms with Crippen LogP contribution in [-0.2, 0) is 4.79 Å². The highest BCUT2D eigenvalue weighted by molar-refractivity contribution is 6.32. The number of hydrogen-bond acceptors (Lipinski definition) is 3. The SMILES string of the molecule is CC1CCCCC1NC(=O)/C=C/c1cc(Cl)c2c(c1)OCO2. The largest absolute Gasteiger partial charge is 0.454 e. The second kappa shape index (κ2) is 6.61. The summed E-state index contributed by atoms with van der Waals surface area (Å²) in [6.07, 6.45) is 8.00. The van der Waals surface area contributed by atoms with Gasteiger partial charge in [-0.15, -0.1) is 0 Å². The molecule has 5 heteroatoms. The van der Waals surface area contributed by atoms with E-state index in [0.717, 1.165) is 12.0 Å². The molecule has 1 heterocycles. The highest BCUT2D eigenvalue weighted by Crippen LogP contribution is 2.40. The Morgan fingerprint density at radius 1 is 1.32 bits per heavy atom. The first-order chi connectivity index (χ1) is 10.6. The Labute approximate surface area is 135 Å². The Morgan fingerprint density at radius 3 is 2.95 bits per heavy atom. The lowest BCUT2D eigenvalue weighted by molar-refractivity contribution is -0.117. The van der Waals surface area contributed by atoms with Gasteiger partial charge in [-0.05, 0) is 42.5 Å². The quantitative estimate of drug-likeness (QED) is 0.862. The van der Waals surface area contributed by atoms with E-state index in [1.807, 2.05) is 6.07 Å². The third kappa shape index (κ3) is 3.38. The summed E-state index contributed by atoms with van der Waals surface area (Å²) >= 11 is 6.13. The molecule has 1 aliphatic heterocycles. The van der Waals surface area contributed by atoms with Gasteiger partial charge in [0.2, 0.25) is 12.7 Å². The van der Waals surface area contributed by atoms with Crippen LogP contribution in [0.2, 0.25) is 5.02 Å². The van der Waals surface area contributed by atoms with Gasteiger partial charge in [-0.3, -0.25) is 4.79 Å². The van der Waals surface area contributed by atoms with Gasteiger partial charge in [0.15, 0.2) is 11.5 Å². The van der Waals surface area contributed by atoms with Crippen LogP contribution in [0.25, 0.3) is 6.08 Å². The molecule has 1 aromatic rings. The number of carbonyl (C=O) groups is 1. The molecule has 0 radical (unpaired) electrons. The summed E-state index contributed by atoms with van der Waals surface area (Å²) in [5.74, 6) is 1.67. The number of benzene rings is 1. The molecule has 1 N–H and O–H groups in total. The number of ether oxygens (including phenoxy) is 2. The Balaban J connectivity index is 1.64. The van der Waals surface area contributed by atoms with Crippen LogP contribution in [0.5, 0.6) is 11.5 Å². The van der Waals surface area contributed by atoms with Gasteiger partial charge in [0.25, 0.3) is 0 Å². The van der Waals surface area contributed by atoms with E-state index in [2.05, 4.69) is 12.2 Å². The van der Waals surface area contributed by atoms with Crippen LogP contribution in [0.4, 0.5) is 0 Å². The molecule has 22 heavy (non-hydrogen) atoms. The summed E-state index contributed by atoms with van der Waals surface area (Å²) in [6, 6.07) is 3.87. The van der Waals surface area contributed by atoms with Crippen LogP contribution in [0, 0.1) is 5.92 Å². The first kappa shape index (κ1) is 15.2. The van der Waals surface area contributed by atoms with Crippen molar-refractivity contribution in [3.63, 3.8) is 0 Å². The first-order valence-corrected chi connectivity index (χ1v) is 8.09. The minimum absolute atomic E-state index is 0.0625. The molecule has 1 fully saturated rings. The normalized spacial score (nSPS) is 23.7. The number of amides is 1. The fraction of sp³-hybridized carbons (Fsp3) is 0.471. The summed E-state index contributed by atoms with van der Waals surface area (Å²) < 4.78 is 10.6. The predicted octanol–water partition coefficient (Wildman–Crippen LogP) is 3.78. The molecule has 1 amide bonds. The van der Waals surface area contributed by atoms with Crippen molar-refractivity contribution in [3.8, 4) is 11.5 Å². The molecule has 0 bridgehead atoms. The second-order valence-electron chi connectivity index (χ2n) is 5.95. The number of carbonyl (C=O) groups excluding carboxylic acids is 1. The van der Waals surface area contributed by atoms with Crippen LogP contribution in [0.1, 0.15) is 38.2 Å². The molecule has 2 atom stereocenters. The summed E-state index contributed by atoms with van der Waals surface area (Å²) in [6.45, 7) is 2.38. The minimum atomic E-state index is -0.0625.